The van der Waals surface area contributed by atoms with Crippen LogP contribution in [0.2, 0.25) is 0 Å². The lowest BCUT2D eigenvalue weighted by atomic mass is 10.1. The second kappa shape index (κ2) is 3.84. The Morgan fingerprint density at radius 1 is 1.70 bits per heavy atom. The van der Waals surface area contributed by atoms with Crippen LogP contribution >= 0.6 is 43.0 Å². The normalized spacial score (nSPS) is 36.3. The molecule has 1 atom stereocenters. The van der Waals surface area contributed by atoms with Crippen molar-refractivity contribution in [1.82, 2.24) is 4.31 Å². The minimum Gasteiger partial charge on any atom is -0.316 e. The molecule has 0 aromatic rings. The van der Waals surface area contributed by atoms with Crippen LogP contribution in [-0.4, -0.2) is 22.3 Å². The Bertz CT molecular complexity index is 120. The third-order valence-electron chi connectivity index (χ3n) is 1.56. The Labute approximate surface area is 83.4 Å². The maximum Gasteiger partial charge on any atom is 0.0729 e. The molecule has 1 aliphatic heterocycles. The van der Waals surface area contributed by atoms with E-state index in [1.807, 2.05) is 0 Å². The summed E-state index contributed by atoms with van der Waals surface area (Å²) >= 11 is 6.63. The summed E-state index contributed by atoms with van der Waals surface area (Å²) in [5.41, 5.74) is 5.85. The van der Waals surface area contributed by atoms with Crippen molar-refractivity contribution in [2.45, 2.75) is 17.7 Å². The number of nitrogens with two attached hydrogens (primary N) is 1. The summed E-state index contributed by atoms with van der Waals surface area (Å²) in [6.07, 6.45) is 2.19. The summed E-state index contributed by atoms with van der Waals surface area (Å²) in [7, 11) is 1.72. The first-order valence-corrected chi connectivity index (χ1v) is 6.95. The second-order valence-corrected chi connectivity index (χ2v) is 5.37. The van der Waals surface area contributed by atoms with Gasteiger partial charge in [-0.25, -0.2) is 4.31 Å². The second-order valence-electron chi connectivity index (χ2n) is 2.64. The van der Waals surface area contributed by atoms with Gasteiger partial charge in [-0.3, -0.25) is 0 Å². The maximum atomic E-state index is 5.85. The molecule has 0 aromatic carbocycles. The van der Waals surface area contributed by atoms with Gasteiger partial charge in [-0.2, -0.15) is 12.6 Å². The molecule has 60 valence electrons. The van der Waals surface area contributed by atoms with Gasteiger partial charge < -0.3 is 5.73 Å². The Kier molecular flexibility index (Phi) is 3.62. The molecule has 0 radical (unpaired) electrons. The van der Waals surface area contributed by atoms with E-state index in [0.29, 0.717) is 0 Å². The lowest BCUT2D eigenvalue weighted by Gasteiger charge is -2.34. The van der Waals surface area contributed by atoms with Gasteiger partial charge in [0.25, 0.3) is 0 Å². The number of hydrogen-bond acceptors (Lipinski definition) is 4. The van der Waals surface area contributed by atoms with Gasteiger partial charge in [-0.05, 0) is 22.0 Å². The van der Waals surface area contributed by atoms with Crippen molar-refractivity contribution in [3.05, 3.63) is 0 Å². The summed E-state index contributed by atoms with van der Waals surface area (Å²) in [5, 5.41) is 0. The zero-order valence-corrected chi connectivity index (χ0v) is 9.45. The van der Waals surface area contributed by atoms with Crippen molar-refractivity contribution in [2.24, 2.45) is 5.73 Å². The molecule has 5 heteroatoms. The first kappa shape index (κ1) is 9.44. The van der Waals surface area contributed by atoms with E-state index in [-0.39, 0.29) is 4.87 Å². The van der Waals surface area contributed by atoms with E-state index in [2.05, 4.69) is 38.1 Å². The van der Waals surface area contributed by atoms with E-state index >= 15 is 0 Å². The van der Waals surface area contributed by atoms with E-state index in [4.69, 9.17) is 5.73 Å². The van der Waals surface area contributed by atoms with Gasteiger partial charge in [-0.15, -0.1) is 0 Å². The van der Waals surface area contributed by atoms with Crippen LogP contribution in [0.15, 0.2) is 0 Å². The number of piperidine rings is 1. The van der Waals surface area contributed by atoms with Crippen LogP contribution in [0.1, 0.15) is 12.8 Å². The van der Waals surface area contributed by atoms with Crippen molar-refractivity contribution in [3.8, 4) is 0 Å². The number of nitrogens with zero attached hydrogens (tertiary/aromatic N) is 1. The monoisotopic (exact) mass is 290 g/mol. The van der Waals surface area contributed by atoms with Crippen LogP contribution in [0, 0.1) is 0 Å². The largest absolute Gasteiger partial charge is 0.316 e. The molecule has 0 amide bonds. The van der Waals surface area contributed by atoms with Crippen molar-refractivity contribution in [2.75, 3.05) is 13.1 Å². The smallest absolute Gasteiger partial charge is 0.0729 e. The molecule has 0 spiro atoms. The highest BCUT2D eigenvalue weighted by atomic mass is 127. The van der Waals surface area contributed by atoms with E-state index in [1.165, 1.54) is 0 Å². The Morgan fingerprint density at radius 2 is 2.40 bits per heavy atom. The van der Waals surface area contributed by atoms with Crippen LogP contribution in [0.5, 0.6) is 0 Å². The fourth-order valence-corrected chi connectivity index (χ4v) is 2.99. The first-order valence-electron chi connectivity index (χ1n) is 3.19. The lowest BCUT2D eigenvalue weighted by molar-refractivity contribution is 0.324. The van der Waals surface area contributed by atoms with Gasteiger partial charge in [0.05, 0.1) is 4.87 Å². The Hall–Kier alpha value is 1.35. The average Bonchev–Trinajstić information content (AvgIpc) is 1.86. The minimum atomic E-state index is -0.254. The predicted molar refractivity (Wildman–Crippen MR) is 58.3 cm³/mol. The molecule has 0 saturated carbocycles. The molecule has 1 fully saturated rings. The topological polar surface area (TPSA) is 29.3 Å². The fourth-order valence-electron chi connectivity index (χ4n) is 1.08. The molecular weight excluding hydrogens is 279 g/mol. The third-order valence-corrected chi connectivity index (χ3v) is 4.11. The third kappa shape index (κ3) is 2.77. The molecule has 1 rings (SSSR count). The van der Waals surface area contributed by atoms with Gasteiger partial charge >= 0.3 is 0 Å². The van der Waals surface area contributed by atoms with Crippen molar-refractivity contribution >= 4 is 43.0 Å². The standard InChI is InChI=1S/C5H11IN2S2/c6-10-8-3-1-2-5(7,9)4-8/h9H,1-4,7H2. The molecule has 1 saturated heterocycles. The van der Waals surface area contributed by atoms with Crippen molar-refractivity contribution < 1.29 is 0 Å². The average molecular weight is 290 g/mol. The number of thiol groups is 1. The van der Waals surface area contributed by atoms with E-state index < -0.39 is 0 Å². The molecule has 1 unspecified atom stereocenters. The highest BCUT2D eigenvalue weighted by Crippen LogP contribution is 2.29. The van der Waals surface area contributed by atoms with Crippen molar-refractivity contribution in [1.29, 1.82) is 0 Å². The molecule has 2 nitrogen and oxygen atoms in total. The first-order chi connectivity index (χ1) is 4.64. The highest BCUT2D eigenvalue weighted by Gasteiger charge is 2.27. The van der Waals surface area contributed by atoms with Crippen LogP contribution in [0.3, 0.4) is 0 Å². The van der Waals surface area contributed by atoms with E-state index in [0.717, 1.165) is 25.9 Å². The summed E-state index contributed by atoms with van der Waals surface area (Å²) in [6.45, 7) is 2.04. The van der Waals surface area contributed by atoms with Gasteiger partial charge in [0.15, 0.2) is 0 Å². The Morgan fingerprint density at radius 3 is 2.80 bits per heavy atom. The van der Waals surface area contributed by atoms with Crippen LogP contribution in [0.25, 0.3) is 0 Å². The molecule has 10 heavy (non-hydrogen) atoms. The summed E-state index contributed by atoms with van der Waals surface area (Å²) in [4.78, 5) is -0.254. The van der Waals surface area contributed by atoms with Crippen LogP contribution < -0.4 is 5.73 Å². The zero-order chi connectivity index (χ0) is 7.61. The minimum absolute atomic E-state index is 0.254. The van der Waals surface area contributed by atoms with E-state index in [9.17, 15) is 0 Å². The van der Waals surface area contributed by atoms with Crippen LogP contribution in [0.4, 0.5) is 0 Å². The SMILES string of the molecule is NC1(S)CCCN(SI)C1. The molecule has 1 aliphatic rings. The zero-order valence-electron chi connectivity index (χ0n) is 5.59. The summed E-state index contributed by atoms with van der Waals surface area (Å²) in [5.74, 6) is 0. The Balaban J connectivity index is 2.40. The quantitative estimate of drug-likeness (QED) is 0.333. The van der Waals surface area contributed by atoms with Crippen LogP contribution in [-0.2, 0) is 0 Å². The molecule has 0 bridgehead atoms. The van der Waals surface area contributed by atoms with Gasteiger partial charge in [0.2, 0.25) is 0 Å². The van der Waals surface area contributed by atoms with Gasteiger partial charge in [0, 0.05) is 34.3 Å². The van der Waals surface area contributed by atoms with Gasteiger partial charge in [0.1, 0.15) is 0 Å². The fraction of sp³-hybridized carbons (Fsp3) is 1.00. The summed E-state index contributed by atoms with van der Waals surface area (Å²) < 4.78 is 2.25. The van der Waals surface area contributed by atoms with Crippen molar-refractivity contribution in [3.63, 3.8) is 0 Å². The molecule has 1 heterocycles. The van der Waals surface area contributed by atoms with E-state index in [1.54, 1.807) is 9.12 Å². The van der Waals surface area contributed by atoms with Gasteiger partial charge in [-0.1, -0.05) is 0 Å². The number of rotatable bonds is 1. The predicted octanol–water partition coefficient (Wildman–Crippen LogP) is 1.67. The molecular formula is C5H11IN2S2. The number of halogens is 1. The molecule has 0 aromatic heterocycles. The molecule has 0 aliphatic carbocycles. The highest BCUT2D eigenvalue weighted by molar-refractivity contribution is 14.2. The maximum absolute atomic E-state index is 5.85. The molecule has 2 N–H and O–H groups in total. The lowest BCUT2D eigenvalue weighted by Crippen LogP contribution is -2.47. The summed E-state index contributed by atoms with van der Waals surface area (Å²) in [6, 6.07) is 0. The number of hydrogen-bond donors (Lipinski definition) is 2.